The zero-order valence-corrected chi connectivity index (χ0v) is 14.9. The highest BCUT2D eigenvalue weighted by atomic mass is 16.5. The lowest BCUT2D eigenvalue weighted by atomic mass is 9.95. The summed E-state index contributed by atoms with van der Waals surface area (Å²) in [5.41, 5.74) is 3.07. The van der Waals surface area contributed by atoms with Gasteiger partial charge >= 0.3 is 6.03 Å². The Morgan fingerprint density at radius 3 is 2.48 bits per heavy atom. The molecule has 0 atom stereocenters. The third-order valence-corrected chi connectivity index (χ3v) is 4.71. The molecule has 0 radical (unpaired) electrons. The lowest BCUT2D eigenvalue weighted by Gasteiger charge is -2.19. The molecular formula is C20H24N2O3. The molecule has 25 heavy (non-hydrogen) atoms. The van der Waals surface area contributed by atoms with Gasteiger partial charge in [0.25, 0.3) is 0 Å². The summed E-state index contributed by atoms with van der Waals surface area (Å²) < 4.78 is 10.7. The minimum absolute atomic E-state index is 0.0104. The Labute approximate surface area is 148 Å². The van der Waals surface area contributed by atoms with Gasteiger partial charge in [-0.3, -0.25) is 0 Å². The van der Waals surface area contributed by atoms with Crippen molar-refractivity contribution in [1.82, 2.24) is 5.32 Å². The first-order valence-corrected chi connectivity index (χ1v) is 8.40. The van der Waals surface area contributed by atoms with Crippen molar-refractivity contribution in [2.24, 2.45) is 0 Å². The predicted octanol–water partition coefficient (Wildman–Crippen LogP) is 3.87. The van der Waals surface area contributed by atoms with Crippen molar-refractivity contribution in [3.8, 4) is 11.5 Å². The molecule has 2 aromatic carbocycles. The van der Waals surface area contributed by atoms with Crippen LogP contribution >= 0.6 is 0 Å². The van der Waals surface area contributed by atoms with E-state index in [1.165, 1.54) is 5.56 Å². The molecule has 0 spiro atoms. The van der Waals surface area contributed by atoms with Crippen molar-refractivity contribution in [2.75, 3.05) is 26.1 Å². The molecule has 132 valence electrons. The molecule has 0 aromatic heterocycles. The van der Waals surface area contributed by atoms with Crippen LogP contribution < -0.4 is 20.1 Å². The second-order valence-corrected chi connectivity index (χ2v) is 6.53. The molecule has 1 saturated carbocycles. The summed E-state index contributed by atoms with van der Waals surface area (Å²) in [5.74, 6) is 1.43. The highest BCUT2D eigenvalue weighted by molar-refractivity contribution is 5.89. The normalized spacial score (nSPS) is 14.5. The Kier molecular flexibility index (Phi) is 4.83. The first-order valence-electron chi connectivity index (χ1n) is 8.40. The van der Waals surface area contributed by atoms with Crippen molar-refractivity contribution in [3.05, 3.63) is 53.6 Å². The van der Waals surface area contributed by atoms with Gasteiger partial charge in [-0.15, -0.1) is 0 Å². The molecule has 5 nitrogen and oxygen atoms in total. The molecule has 3 rings (SSSR count). The summed E-state index contributed by atoms with van der Waals surface area (Å²) in [4.78, 5) is 12.2. The van der Waals surface area contributed by atoms with Gasteiger partial charge in [0.15, 0.2) is 11.5 Å². The molecule has 0 bridgehead atoms. The maximum absolute atomic E-state index is 12.2. The smallest absolute Gasteiger partial charge is 0.319 e. The Balaban J connectivity index is 1.63. The van der Waals surface area contributed by atoms with Crippen LogP contribution in [-0.2, 0) is 5.41 Å². The molecule has 0 unspecified atom stereocenters. The third-order valence-electron chi connectivity index (χ3n) is 4.71. The van der Waals surface area contributed by atoms with E-state index in [1.54, 1.807) is 14.2 Å². The number of aryl methyl sites for hydroxylation is 1. The number of amides is 2. The molecule has 1 aliphatic rings. The van der Waals surface area contributed by atoms with Gasteiger partial charge in [0.2, 0.25) is 0 Å². The Morgan fingerprint density at radius 1 is 1.08 bits per heavy atom. The van der Waals surface area contributed by atoms with Crippen LogP contribution in [0.4, 0.5) is 10.5 Å². The standard InChI is InChI=1S/C20H24N2O3/c1-14-5-4-6-16(11-14)22-19(23)21-13-20(9-10-20)15-7-8-17(24-2)18(12-15)25-3/h4-8,11-12H,9-10,13H2,1-3H3,(H2,21,22,23). The number of urea groups is 1. The highest BCUT2D eigenvalue weighted by Crippen LogP contribution is 2.49. The molecule has 2 aromatic rings. The number of hydrogen-bond donors (Lipinski definition) is 2. The van der Waals surface area contributed by atoms with Crippen LogP contribution in [0.2, 0.25) is 0 Å². The van der Waals surface area contributed by atoms with Crippen LogP contribution in [-0.4, -0.2) is 26.8 Å². The molecule has 0 heterocycles. The summed E-state index contributed by atoms with van der Waals surface area (Å²) in [6.45, 7) is 2.60. The zero-order chi connectivity index (χ0) is 17.9. The van der Waals surface area contributed by atoms with Gasteiger partial charge in [-0.05, 0) is 55.2 Å². The van der Waals surface area contributed by atoms with Crippen molar-refractivity contribution in [1.29, 1.82) is 0 Å². The summed E-state index contributed by atoms with van der Waals surface area (Å²) in [7, 11) is 3.26. The largest absolute Gasteiger partial charge is 0.493 e. The van der Waals surface area contributed by atoms with E-state index in [-0.39, 0.29) is 11.4 Å². The van der Waals surface area contributed by atoms with E-state index in [0.29, 0.717) is 12.3 Å². The van der Waals surface area contributed by atoms with Crippen molar-refractivity contribution in [2.45, 2.75) is 25.2 Å². The SMILES string of the molecule is COc1ccc(C2(CNC(=O)Nc3cccc(C)c3)CC2)cc1OC. The molecule has 1 aliphatic carbocycles. The van der Waals surface area contributed by atoms with E-state index in [4.69, 9.17) is 9.47 Å². The predicted molar refractivity (Wildman–Crippen MR) is 98.7 cm³/mol. The summed E-state index contributed by atoms with van der Waals surface area (Å²) in [5, 5.41) is 5.88. The van der Waals surface area contributed by atoms with Crippen LogP contribution in [0.1, 0.15) is 24.0 Å². The monoisotopic (exact) mass is 340 g/mol. The maximum Gasteiger partial charge on any atom is 0.319 e. The number of hydrogen-bond acceptors (Lipinski definition) is 3. The number of carbonyl (C=O) groups excluding carboxylic acids is 1. The van der Waals surface area contributed by atoms with Crippen LogP contribution in [0, 0.1) is 6.92 Å². The Hall–Kier alpha value is -2.69. The van der Waals surface area contributed by atoms with Crippen LogP contribution in [0.15, 0.2) is 42.5 Å². The fourth-order valence-corrected chi connectivity index (χ4v) is 3.03. The summed E-state index contributed by atoms with van der Waals surface area (Å²) >= 11 is 0. The van der Waals surface area contributed by atoms with Gasteiger partial charge in [0.1, 0.15) is 0 Å². The first kappa shape index (κ1) is 17.1. The minimum Gasteiger partial charge on any atom is -0.493 e. The van der Waals surface area contributed by atoms with Gasteiger partial charge in [-0.1, -0.05) is 18.2 Å². The summed E-state index contributed by atoms with van der Waals surface area (Å²) in [6, 6.07) is 13.5. The topological polar surface area (TPSA) is 59.6 Å². The molecule has 1 fully saturated rings. The van der Waals surface area contributed by atoms with E-state index >= 15 is 0 Å². The van der Waals surface area contributed by atoms with Gasteiger partial charge in [-0.2, -0.15) is 0 Å². The van der Waals surface area contributed by atoms with Crippen molar-refractivity contribution >= 4 is 11.7 Å². The zero-order valence-electron chi connectivity index (χ0n) is 14.9. The van der Waals surface area contributed by atoms with E-state index in [2.05, 4.69) is 16.7 Å². The number of benzene rings is 2. The van der Waals surface area contributed by atoms with Gasteiger partial charge in [-0.25, -0.2) is 4.79 Å². The van der Waals surface area contributed by atoms with Crippen molar-refractivity contribution in [3.63, 3.8) is 0 Å². The van der Waals surface area contributed by atoms with E-state index in [0.717, 1.165) is 29.8 Å². The third kappa shape index (κ3) is 3.87. The fraction of sp³-hybridized carbons (Fsp3) is 0.350. The average molecular weight is 340 g/mol. The first-order chi connectivity index (χ1) is 12.1. The maximum atomic E-state index is 12.2. The Bertz CT molecular complexity index is 769. The van der Waals surface area contributed by atoms with Gasteiger partial charge in [0, 0.05) is 17.6 Å². The number of methoxy groups -OCH3 is 2. The lowest BCUT2D eigenvalue weighted by Crippen LogP contribution is -2.35. The van der Waals surface area contributed by atoms with Crippen LogP contribution in [0.3, 0.4) is 0 Å². The Morgan fingerprint density at radius 2 is 1.84 bits per heavy atom. The van der Waals surface area contributed by atoms with E-state index in [9.17, 15) is 4.79 Å². The van der Waals surface area contributed by atoms with Crippen LogP contribution in [0.5, 0.6) is 11.5 Å². The summed E-state index contributed by atoms with van der Waals surface area (Å²) in [6.07, 6.45) is 2.10. The molecule has 2 N–H and O–H groups in total. The van der Waals surface area contributed by atoms with Gasteiger partial charge < -0.3 is 20.1 Å². The number of carbonyl (C=O) groups is 1. The van der Waals surface area contributed by atoms with E-state index in [1.807, 2.05) is 43.3 Å². The second-order valence-electron chi connectivity index (χ2n) is 6.53. The average Bonchev–Trinajstić information content (AvgIpc) is 3.40. The fourth-order valence-electron chi connectivity index (χ4n) is 3.03. The number of nitrogens with one attached hydrogen (secondary N) is 2. The number of rotatable bonds is 6. The molecule has 2 amide bonds. The molecule has 0 aliphatic heterocycles. The lowest BCUT2D eigenvalue weighted by molar-refractivity contribution is 0.251. The second kappa shape index (κ2) is 7.05. The van der Waals surface area contributed by atoms with E-state index < -0.39 is 0 Å². The highest BCUT2D eigenvalue weighted by Gasteiger charge is 2.44. The van der Waals surface area contributed by atoms with Crippen molar-refractivity contribution < 1.29 is 14.3 Å². The quantitative estimate of drug-likeness (QED) is 0.839. The van der Waals surface area contributed by atoms with Gasteiger partial charge in [0.05, 0.1) is 14.2 Å². The van der Waals surface area contributed by atoms with Crippen LogP contribution in [0.25, 0.3) is 0 Å². The minimum atomic E-state index is -0.183. The molecular weight excluding hydrogens is 316 g/mol. The number of ether oxygens (including phenoxy) is 2. The number of anilines is 1. The molecule has 0 saturated heterocycles. The molecule has 5 heteroatoms.